The van der Waals surface area contributed by atoms with E-state index in [1.165, 1.54) is 24.5 Å². The lowest BCUT2D eigenvalue weighted by Crippen LogP contribution is -2.15. The van der Waals surface area contributed by atoms with Gasteiger partial charge in [0, 0.05) is 13.0 Å². The smallest absolute Gasteiger partial charge is 0.341 e. The molecule has 0 fully saturated rings. The molecule has 0 atom stereocenters. The molecule has 2 aromatic rings. The maximum absolute atomic E-state index is 12.6. The Morgan fingerprint density at radius 1 is 1.29 bits per heavy atom. The van der Waals surface area contributed by atoms with E-state index in [4.69, 9.17) is 0 Å². The van der Waals surface area contributed by atoms with Crippen LogP contribution in [0.5, 0.6) is 0 Å². The summed E-state index contributed by atoms with van der Waals surface area (Å²) in [7, 11) is -4.61. The Balaban J connectivity index is 2.00. The molecule has 1 aromatic heterocycles. The van der Waals surface area contributed by atoms with Crippen molar-refractivity contribution in [2.24, 2.45) is 0 Å². The lowest BCUT2D eigenvalue weighted by molar-refractivity contribution is 0.235. The van der Waals surface area contributed by atoms with E-state index in [0.29, 0.717) is 25.2 Å². The van der Waals surface area contributed by atoms with Gasteiger partial charge in [0.25, 0.3) is 0 Å². The normalized spacial score (nSPS) is 11.8. The standard InChI is InChI=1S/C12H14F2N4O2S/c13-12(14)21(19,20)10-5-2-1-4-9(10)15-7-3-6-11-16-8-17-18-11/h1-2,4-5,8,12,15H,3,6-7H2,(H,16,17,18). The number of nitrogens with zero attached hydrogens (tertiary/aromatic N) is 2. The minimum atomic E-state index is -4.61. The Hall–Kier alpha value is -2.03. The number of benzene rings is 1. The first kappa shape index (κ1) is 15.4. The number of nitrogens with one attached hydrogen (secondary N) is 2. The van der Waals surface area contributed by atoms with Crippen LogP contribution >= 0.6 is 0 Å². The zero-order chi connectivity index (χ0) is 15.3. The fourth-order valence-electron chi connectivity index (χ4n) is 1.79. The highest BCUT2D eigenvalue weighted by molar-refractivity contribution is 7.91. The maximum Gasteiger partial charge on any atom is 0.341 e. The Morgan fingerprint density at radius 2 is 2.05 bits per heavy atom. The maximum atomic E-state index is 12.6. The summed E-state index contributed by atoms with van der Waals surface area (Å²) in [5, 5.41) is 9.27. The first-order chi connectivity index (χ1) is 10.0. The van der Waals surface area contributed by atoms with Gasteiger partial charge in [-0.2, -0.15) is 13.9 Å². The van der Waals surface area contributed by atoms with E-state index in [1.54, 1.807) is 6.07 Å². The van der Waals surface area contributed by atoms with Gasteiger partial charge in [-0.15, -0.1) is 0 Å². The van der Waals surface area contributed by atoms with Crippen molar-refractivity contribution in [2.45, 2.75) is 23.5 Å². The zero-order valence-corrected chi connectivity index (χ0v) is 11.8. The average Bonchev–Trinajstić information content (AvgIpc) is 2.97. The molecule has 9 heteroatoms. The highest BCUT2D eigenvalue weighted by Crippen LogP contribution is 2.25. The van der Waals surface area contributed by atoms with Crippen LogP contribution in [0.15, 0.2) is 35.5 Å². The van der Waals surface area contributed by atoms with E-state index in [2.05, 4.69) is 20.5 Å². The highest BCUT2D eigenvalue weighted by Gasteiger charge is 2.28. The molecule has 0 unspecified atom stereocenters. The Labute approximate surface area is 120 Å². The molecule has 1 heterocycles. The number of sulfone groups is 1. The van der Waals surface area contributed by atoms with Crippen LogP contribution in [0.3, 0.4) is 0 Å². The van der Waals surface area contributed by atoms with Crippen LogP contribution in [0.4, 0.5) is 14.5 Å². The molecule has 0 amide bonds. The van der Waals surface area contributed by atoms with Crippen LogP contribution < -0.4 is 5.32 Å². The molecular formula is C12H14F2N4O2S. The third kappa shape index (κ3) is 3.75. The van der Waals surface area contributed by atoms with E-state index in [9.17, 15) is 17.2 Å². The molecule has 114 valence electrons. The topological polar surface area (TPSA) is 87.7 Å². The minimum absolute atomic E-state index is 0.176. The van der Waals surface area contributed by atoms with Crippen molar-refractivity contribution < 1.29 is 17.2 Å². The first-order valence-electron chi connectivity index (χ1n) is 6.21. The van der Waals surface area contributed by atoms with Gasteiger partial charge < -0.3 is 5.32 Å². The third-order valence-electron chi connectivity index (χ3n) is 2.80. The number of anilines is 1. The highest BCUT2D eigenvalue weighted by atomic mass is 32.2. The third-order valence-corrected chi connectivity index (χ3v) is 4.24. The van der Waals surface area contributed by atoms with Crippen molar-refractivity contribution in [3.63, 3.8) is 0 Å². The minimum Gasteiger partial charge on any atom is -0.384 e. The van der Waals surface area contributed by atoms with Gasteiger partial charge in [0.2, 0.25) is 9.84 Å². The van der Waals surface area contributed by atoms with Crippen LogP contribution in [-0.2, 0) is 16.3 Å². The van der Waals surface area contributed by atoms with Gasteiger partial charge in [-0.1, -0.05) is 12.1 Å². The van der Waals surface area contributed by atoms with Crippen LogP contribution in [-0.4, -0.2) is 35.9 Å². The summed E-state index contributed by atoms with van der Waals surface area (Å²) in [5.41, 5.74) is 0.176. The molecule has 0 spiro atoms. The van der Waals surface area contributed by atoms with E-state index in [1.807, 2.05) is 0 Å². The molecular weight excluding hydrogens is 302 g/mol. The number of hydrogen-bond donors (Lipinski definition) is 2. The molecule has 21 heavy (non-hydrogen) atoms. The van der Waals surface area contributed by atoms with Crippen LogP contribution in [0.2, 0.25) is 0 Å². The summed E-state index contributed by atoms with van der Waals surface area (Å²) in [6.07, 6.45) is 2.67. The lowest BCUT2D eigenvalue weighted by atomic mass is 10.2. The summed E-state index contributed by atoms with van der Waals surface area (Å²) >= 11 is 0. The van der Waals surface area contributed by atoms with E-state index < -0.39 is 15.6 Å². The van der Waals surface area contributed by atoms with Gasteiger partial charge in [-0.05, 0) is 18.6 Å². The Kier molecular flexibility index (Phi) is 4.84. The quantitative estimate of drug-likeness (QED) is 0.761. The molecule has 2 rings (SSSR count). The van der Waals surface area contributed by atoms with Crippen molar-refractivity contribution >= 4 is 15.5 Å². The van der Waals surface area contributed by atoms with Gasteiger partial charge in [0.15, 0.2) is 0 Å². The zero-order valence-electron chi connectivity index (χ0n) is 11.0. The van der Waals surface area contributed by atoms with Crippen molar-refractivity contribution in [3.8, 4) is 0 Å². The van der Waals surface area contributed by atoms with Crippen molar-refractivity contribution in [1.29, 1.82) is 0 Å². The predicted octanol–water partition coefficient (Wildman–Crippen LogP) is 1.85. The number of halogens is 2. The molecule has 0 bridgehead atoms. The summed E-state index contributed by atoms with van der Waals surface area (Å²) in [6, 6.07) is 5.63. The number of para-hydroxylation sites is 1. The summed E-state index contributed by atoms with van der Waals surface area (Å²) in [6.45, 7) is 0.427. The summed E-state index contributed by atoms with van der Waals surface area (Å²) in [5.74, 6) is -2.72. The fraction of sp³-hybridized carbons (Fsp3) is 0.333. The SMILES string of the molecule is O=S(=O)(c1ccccc1NCCCc1ncn[nH]1)C(F)F. The average molecular weight is 316 g/mol. The molecule has 0 saturated carbocycles. The number of hydrogen-bond acceptors (Lipinski definition) is 5. The largest absolute Gasteiger partial charge is 0.384 e. The van der Waals surface area contributed by atoms with Gasteiger partial charge in [-0.25, -0.2) is 13.4 Å². The molecule has 0 radical (unpaired) electrons. The molecule has 0 aliphatic rings. The number of aryl methyl sites for hydroxylation is 1. The van der Waals surface area contributed by atoms with Crippen molar-refractivity contribution in [3.05, 3.63) is 36.4 Å². The molecule has 2 N–H and O–H groups in total. The number of aromatic amines is 1. The van der Waals surface area contributed by atoms with E-state index in [-0.39, 0.29) is 10.6 Å². The fourth-order valence-corrected chi connectivity index (χ4v) is 2.69. The van der Waals surface area contributed by atoms with E-state index in [0.717, 1.165) is 0 Å². The first-order valence-corrected chi connectivity index (χ1v) is 7.75. The predicted molar refractivity (Wildman–Crippen MR) is 72.8 cm³/mol. The van der Waals surface area contributed by atoms with Gasteiger partial charge in [-0.3, -0.25) is 5.10 Å². The molecule has 6 nitrogen and oxygen atoms in total. The van der Waals surface area contributed by atoms with Crippen LogP contribution in [0.25, 0.3) is 0 Å². The molecule has 0 aliphatic carbocycles. The molecule has 0 saturated heterocycles. The van der Waals surface area contributed by atoms with Gasteiger partial charge in [0.1, 0.15) is 12.2 Å². The summed E-state index contributed by atoms with van der Waals surface area (Å²) < 4.78 is 48.4. The molecule has 0 aliphatic heterocycles. The summed E-state index contributed by atoms with van der Waals surface area (Å²) in [4.78, 5) is 3.56. The van der Waals surface area contributed by atoms with Gasteiger partial charge in [0.05, 0.1) is 10.6 Å². The Morgan fingerprint density at radius 3 is 2.71 bits per heavy atom. The number of rotatable bonds is 7. The van der Waals surface area contributed by atoms with E-state index >= 15 is 0 Å². The van der Waals surface area contributed by atoms with Gasteiger partial charge >= 0.3 is 5.76 Å². The number of H-pyrrole nitrogens is 1. The second kappa shape index (κ2) is 6.61. The van der Waals surface area contributed by atoms with Crippen LogP contribution in [0, 0.1) is 0 Å². The number of aromatic nitrogens is 3. The van der Waals surface area contributed by atoms with Crippen molar-refractivity contribution in [2.75, 3.05) is 11.9 Å². The molecule has 1 aromatic carbocycles. The lowest BCUT2D eigenvalue weighted by Gasteiger charge is -2.11. The number of alkyl halides is 2. The second-order valence-corrected chi connectivity index (χ2v) is 6.15. The van der Waals surface area contributed by atoms with Crippen LogP contribution in [0.1, 0.15) is 12.2 Å². The second-order valence-electron chi connectivity index (χ2n) is 4.26. The van der Waals surface area contributed by atoms with Crippen molar-refractivity contribution in [1.82, 2.24) is 15.2 Å². The Bertz CT molecular complexity index is 674. The monoisotopic (exact) mass is 316 g/mol.